The highest BCUT2D eigenvalue weighted by molar-refractivity contribution is 8.16. The van der Waals surface area contributed by atoms with Crippen LogP contribution in [0.25, 0.3) is 0 Å². The zero-order valence-electron chi connectivity index (χ0n) is 11.3. The van der Waals surface area contributed by atoms with E-state index in [1.165, 1.54) is 0 Å². The van der Waals surface area contributed by atoms with E-state index in [9.17, 15) is 9.90 Å². The molecule has 102 valence electrons. The number of amides is 1. The quantitative estimate of drug-likeness (QED) is 0.806. The molecule has 0 bridgehead atoms. The molecule has 0 aromatic heterocycles. The predicted octanol–water partition coefficient (Wildman–Crippen LogP) is 1.92. The SMILES string of the molecule is CC(C)[C@]1(C)SC(=NC2CCC(O)CC2)NC1=O. The van der Waals surface area contributed by atoms with Crippen LogP contribution >= 0.6 is 11.8 Å². The summed E-state index contributed by atoms with van der Waals surface area (Å²) in [6.45, 7) is 6.10. The Morgan fingerprint density at radius 3 is 2.50 bits per heavy atom. The number of nitrogens with one attached hydrogen (secondary N) is 1. The largest absolute Gasteiger partial charge is 0.393 e. The second kappa shape index (κ2) is 5.21. The Bertz CT molecular complexity index is 362. The van der Waals surface area contributed by atoms with E-state index in [2.05, 4.69) is 24.2 Å². The smallest absolute Gasteiger partial charge is 0.242 e. The Morgan fingerprint density at radius 1 is 1.39 bits per heavy atom. The van der Waals surface area contributed by atoms with Gasteiger partial charge in [-0.3, -0.25) is 9.79 Å². The van der Waals surface area contributed by atoms with Crippen LogP contribution in [0.4, 0.5) is 0 Å². The van der Waals surface area contributed by atoms with Crippen molar-refractivity contribution in [3.63, 3.8) is 0 Å². The fraction of sp³-hybridized carbons (Fsp3) is 0.846. The van der Waals surface area contributed by atoms with E-state index in [1.54, 1.807) is 11.8 Å². The topological polar surface area (TPSA) is 61.7 Å². The summed E-state index contributed by atoms with van der Waals surface area (Å²) in [4.78, 5) is 16.6. The molecule has 0 radical (unpaired) electrons. The standard InChI is InChI=1S/C13H22N2O2S/c1-8(2)13(3)11(17)15-12(18-13)14-9-4-6-10(16)7-5-9/h8-10,16H,4-7H2,1-3H3,(H,14,15,17)/t9?,10?,13-/m0/s1. The predicted molar refractivity (Wildman–Crippen MR) is 74.7 cm³/mol. The van der Waals surface area contributed by atoms with Crippen LogP contribution in [-0.2, 0) is 4.79 Å². The first-order valence-electron chi connectivity index (χ1n) is 6.68. The van der Waals surface area contributed by atoms with Gasteiger partial charge in [0.15, 0.2) is 5.17 Å². The minimum absolute atomic E-state index is 0.0668. The summed E-state index contributed by atoms with van der Waals surface area (Å²) in [6, 6.07) is 0.255. The van der Waals surface area contributed by atoms with Crippen molar-refractivity contribution in [1.82, 2.24) is 5.32 Å². The lowest BCUT2D eigenvalue weighted by molar-refractivity contribution is -0.122. The summed E-state index contributed by atoms with van der Waals surface area (Å²) in [7, 11) is 0. The first-order chi connectivity index (χ1) is 8.41. The number of amidine groups is 1. The molecule has 2 N–H and O–H groups in total. The van der Waals surface area contributed by atoms with Crippen LogP contribution in [0, 0.1) is 5.92 Å². The molecule has 4 nitrogen and oxygen atoms in total. The van der Waals surface area contributed by atoms with Gasteiger partial charge in [-0.15, -0.1) is 0 Å². The number of aliphatic imine (C=N–C) groups is 1. The van der Waals surface area contributed by atoms with Crippen LogP contribution in [-0.4, -0.2) is 33.1 Å². The second-order valence-corrected chi connectivity index (χ2v) is 7.15. The number of hydrogen-bond acceptors (Lipinski definition) is 4. The van der Waals surface area contributed by atoms with E-state index in [0.29, 0.717) is 0 Å². The van der Waals surface area contributed by atoms with Crippen LogP contribution in [0.1, 0.15) is 46.5 Å². The highest BCUT2D eigenvalue weighted by Gasteiger charge is 2.45. The fourth-order valence-corrected chi connectivity index (χ4v) is 3.41. The number of aliphatic hydroxyl groups is 1. The normalized spacial score (nSPS) is 39.4. The summed E-state index contributed by atoms with van der Waals surface area (Å²) < 4.78 is -0.396. The van der Waals surface area contributed by atoms with E-state index in [0.717, 1.165) is 30.9 Å². The Morgan fingerprint density at radius 2 is 2.00 bits per heavy atom. The van der Waals surface area contributed by atoms with Crippen molar-refractivity contribution in [2.24, 2.45) is 10.9 Å². The number of carbonyl (C=O) groups is 1. The molecule has 2 aliphatic rings. The molecule has 1 amide bonds. The van der Waals surface area contributed by atoms with Gasteiger partial charge in [0, 0.05) is 0 Å². The van der Waals surface area contributed by atoms with Gasteiger partial charge in [0.25, 0.3) is 0 Å². The average molecular weight is 270 g/mol. The highest BCUT2D eigenvalue weighted by Crippen LogP contribution is 2.38. The summed E-state index contributed by atoms with van der Waals surface area (Å²) in [5.74, 6) is 0.348. The third-order valence-corrected chi connectivity index (χ3v) is 5.53. The molecule has 0 unspecified atom stereocenters. The molecule has 2 rings (SSSR count). The van der Waals surface area contributed by atoms with E-state index in [4.69, 9.17) is 0 Å². The number of aliphatic hydroxyl groups excluding tert-OH is 1. The maximum Gasteiger partial charge on any atom is 0.242 e. The Hall–Kier alpha value is -0.550. The van der Waals surface area contributed by atoms with Crippen molar-refractivity contribution in [3.05, 3.63) is 0 Å². The van der Waals surface area contributed by atoms with E-state index in [-0.39, 0.29) is 24.0 Å². The Labute approximate surface area is 113 Å². The molecule has 1 atom stereocenters. The molecule has 2 fully saturated rings. The molecule has 0 spiro atoms. The van der Waals surface area contributed by atoms with Crippen LogP contribution in [0.5, 0.6) is 0 Å². The van der Waals surface area contributed by atoms with Crippen molar-refractivity contribution >= 4 is 22.8 Å². The molecule has 1 saturated heterocycles. The van der Waals surface area contributed by atoms with Gasteiger partial charge in [-0.25, -0.2) is 0 Å². The number of rotatable bonds is 2. The van der Waals surface area contributed by atoms with Crippen molar-refractivity contribution in [1.29, 1.82) is 0 Å². The number of carbonyl (C=O) groups excluding carboxylic acids is 1. The molecule has 5 heteroatoms. The van der Waals surface area contributed by atoms with Crippen molar-refractivity contribution < 1.29 is 9.90 Å². The first-order valence-corrected chi connectivity index (χ1v) is 7.50. The first kappa shape index (κ1) is 13.9. The number of thioether (sulfide) groups is 1. The highest BCUT2D eigenvalue weighted by atomic mass is 32.2. The molecule has 1 saturated carbocycles. The van der Waals surface area contributed by atoms with Crippen LogP contribution in [0.15, 0.2) is 4.99 Å². The molecular weight excluding hydrogens is 248 g/mol. The van der Waals surface area contributed by atoms with E-state index >= 15 is 0 Å². The maximum atomic E-state index is 12.0. The van der Waals surface area contributed by atoms with E-state index < -0.39 is 4.75 Å². The summed E-state index contributed by atoms with van der Waals surface area (Å²) in [5.41, 5.74) is 0. The van der Waals surface area contributed by atoms with Crippen LogP contribution in [0.3, 0.4) is 0 Å². The lowest BCUT2D eigenvalue weighted by atomic mass is 9.94. The van der Waals surface area contributed by atoms with Gasteiger partial charge in [-0.2, -0.15) is 0 Å². The van der Waals surface area contributed by atoms with Crippen LogP contribution < -0.4 is 5.32 Å². The molecule has 0 aromatic rings. The number of hydrogen-bond donors (Lipinski definition) is 2. The minimum atomic E-state index is -0.396. The van der Waals surface area contributed by atoms with Gasteiger partial charge < -0.3 is 10.4 Å². The van der Waals surface area contributed by atoms with Gasteiger partial charge in [0.2, 0.25) is 5.91 Å². The van der Waals surface area contributed by atoms with Crippen molar-refractivity contribution in [3.8, 4) is 0 Å². The zero-order chi connectivity index (χ0) is 13.3. The Balaban J connectivity index is 2.01. The average Bonchev–Trinajstić information content (AvgIpc) is 2.59. The summed E-state index contributed by atoms with van der Waals surface area (Å²) >= 11 is 1.55. The lowest BCUT2D eigenvalue weighted by Crippen LogP contribution is -2.38. The maximum absolute atomic E-state index is 12.0. The fourth-order valence-electron chi connectivity index (χ4n) is 2.29. The molecule has 0 aromatic carbocycles. The molecule has 1 aliphatic heterocycles. The lowest BCUT2D eigenvalue weighted by Gasteiger charge is -2.24. The van der Waals surface area contributed by atoms with Crippen molar-refractivity contribution in [2.75, 3.05) is 0 Å². The van der Waals surface area contributed by atoms with Crippen molar-refractivity contribution in [2.45, 2.75) is 63.3 Å². The monoisotopic (exact) mass is 270 g/mol. The minimum Gasteiger partial charge on any atom is -0.393 e. The second-order valence-electron chi connectivity index (χ2n) is 5.71. The van der Waals surface area contributed by atoms with Gasteiger partial charge in [0.1, 0.15) is 4.75 Å². The van der Waals surface area contributed by atoms with Gasteiger partial charge in [-0.1, -0.05) is 25.6 Å². The van der Waals surface area contributed by atoms with E-state index in [1.807, 2.05) is 6.92 Å². The molecule has 1 heterocycles. The van der Waals surface area contributed by atoms with Gasteiger partial charge in [-0.05, 0) is 38.5 Å². The summed E-state index contributed by atoms with van der Waals surface area (Å²) in [5, 5.41) is 13.1. The third kappa shape index (κ3) is 2.72. The number of nitrogens with zero attached hydrogens (tertiary/aromatic N) is 1. The summed E-state index contributed by atoms with van der Waals surface area (Å²) in [6.07, 6.45) is 3.32. The van der Waals surface area contributed by atoms with Gasteiger partial charge >= 0.3 is 0 Å². The molecule has 1 aliphatic carbocycles. The third-order valence-electron chi connectivity index (χ3n) is 4.05. The zero-order valence-corrected chi connectivity index (χ0v) is 12.1. The Kier molecular flexibility index (Phi) is 4.02. The van der Waals surface area contributed by atoms with Crippen LogP contribution in [0.2, 0.25) is 0 Å². The van der Waals surface area contributed by atoms with Gasteiger partial charge in [0.05, 0.1) is 12.1 Å². The molecular formula is C13H22N2O2S. The molecule has 18 heavy (non-hydrogen) atoms.